The Morgan fingerprint density at radius 2 is 2.00 bits per heavy atom. The number of nitrogens with zero attached hydrogens (tertiary/aromatic N) is 1. The minimum Gasteiger partial charge on any atom is -0.348 e. The van der Waals surface area contributed by atoms with E-state index in [0.29, 0.717) is 28.6 Å². The van der Waals surface area contributed by atoms with E-state index in [4.69, 9.17) is 5.73 Å². The lowest BCUT2D eigenvalue weighted by Gasteiger charge is -2.19. The van der Waals surface area contributed by atoms with Crippen molar-refractivity contribution in [3.05, 3.63) is 46.4 Å². The Morgan fingerprint density at radius 3 is 2.75 bits per heavy atom. The van der Waals surface area contributed by atoms with Crippen LogP contribution in [-0.2, 0) is 0 Å². The first-order chi connectivity index (χ1) is 11.7. The van der Waals surface area contributed by atoms with E-state index in [-0.39, 0.29) is 17.9 Å². The van der Waals surface area contributed by atoms with Crippen LogP contribution in [0.1, 0.15) is 39.3 Å². The summed E-state index contributed by atoms with van der Waals surface area (Å²) in [5.41, 5.74) is 6.80. The number of thiophene rings is 1. The maximum Gasteiger partial charge on any atom is 0.263 e. The Kier molecular flexibility index (Phi) is 5.22. The summed E-state index contributed by atoms with van der Waals surface area (Å²) < 4.78 is 0. The maximum atomic E-state index is 12.6. The normalized spacial score (nSPS) is 19.9. The van der Waals surface area contributed by atoms with Gasteiger partial charge in [0.2, 0.25) is 0 Å². The first-order valence-corrected chi connectivity index (χ1v) is 8.87. The number of hydrogen-bond acceptors (Lipinski definition) is 5. The summed E-state index contributed by atoms with van der Waals surface area (Å²) in [4.78, 5) is 29.2. The zero-order valence-electron chi connectivity index (χ0n) is 13.2. The molecule has 2 aromatic heterocycles. The quantitative estimate of drug-likeness (QED) is 0.775. The van der Waals surface area contributed by atoms with Crippen molar-refractivity contribution < 1.29 is 9.59 Å². The lowest BCUT2D eigenvalue weighted by atomic mass is 10.0. The van der Waals surface area contributed by atoms with Crippen LogP contribution in [0.15, 0.2) is 36.0 Å². The van der Waals surface area contributed by atoms with Crippen molar-refractivity contribution >= 4 is 28.8 Å². The van der Waals surface area contributed by atoms with Crippen molar-refractivity contribution in [2.24, 2.45) is 11.7 Å². The molecule has 2 amide bonds. The molecule has 0 radical (unpaired) electrons. The van der Waals surface area contributed by atoms with Gasteiger partial charge in [0.15, 0.2) is 0 Å². The van der Waals surface area contributed by atoms with Crippen LogP contribution in [0.25, 0.3) is 0 Å². The molecule has 3 rings (SSSR count). The molecule has 2 heterocycles. The van der Waals surface area contributed by atoms with Gasteiger partial charge in [0.1, 0.15) is 4.88 Å². The first kappa shape index (κ1) is 16.6. The van der Waals surface area contributed by atoms with Gasteiger partial charge in [-0.3, -0.25) is 14.6 Å². The Morgan fingerprint density at radius 1 is 1.21 bits per heavy atom. The fraction of sp³-hybridized carbons (Fsp3) is 0.353. The molecule has 1 aliphatic carbocycles. The molecule has 6 nitrogen and oxygen atoms in total. The van der Waals surface area contributed by atoms with Crippen LogP contribution in [0.2, 0.25) is 0 Å². The van der Waals surface area contributed by atoms with Gasteiger partial charge in [-0.15, -0.1) is 11.3 Å². The van der Waals surface area contributed by atoms with Crippen LogP contribution in [0, 0.1) is 5.92 Å². The molecule has 1 aliphatic rings. The van der Waals surface area contributed by atoms with Crippen molar-refractivity contribution in [3.63, 3.8) is 0 Å². The second kappa shape index (κ2) is 7.55. The topological polar surface area (TPSA) is 97.1 Å². The SMILES string of the molecule is NCC1CCCC1NC(=O)c1sccc1NC(=O)c1ccncc1. The second-order valence-corrected chi connectivity index (χ2v) is 6.78. The third-order valence-electron chi connectivity index (χ3n) is 4.34. The van der Waals surface area contributed by atoms with Crippen LogP contribution in [0.5, 0.6) is 0 Å². The van der Waals surface area contributed by atoms with E-state index in [9.17, 15) is 9.59 Å². The first-order valence-electron chi connectivity index (χ1n) is 7.99. The summed E-state index contributed by atoms with van der Waals surface area (Å²) >= 11 is 1.32. The molecule has 0 bridgehead atoms. The van der Waals surface area contributed by atoms with Crippen LogP contribution >= 0.6 is 11.3 Å². The van der Waals surface area contributed by atoms with Crippen LogP contribution in [0.4, 0.5) is 5.69 Å². The summed E-state index contributed by atoms with van der Waals surface area (Å²) in [5.74, 6) is -0.0744. The van der Waals surface area contributed by atoms with E-state index >= 15 is 0 Å². The number of nitrogens with one attached hydrogen (secondary N) is 2. The fourth-order valence-corrected chi connectivity index (χ4v) is 3.78. The Hall–Kier alpha value is -2.25. The minimum atomic E-state index is -0.259. The van der Waals surface area contributed by atoms with Gasteiger partial charge >= 0.3 is 0 Å². The molecule has 2 unspecified atom stereocenters. The van der Waals surface area contributed by atoms with Gasteiger partial charge in [-0.2, -0.15) is 0 Å². The number of pyridine rings is 1. The van der Waals surface area contributed by atoms with Crippen molar-refractivity contribution in [1.82, 2.24) is 10.3 Å². The van der Waals surface area contributed by atoms with Crippen molar-refractivity contribution in [2.75, 3.05) is 11.9 Å². The summed E-state index contributed by atoms with van der Waals surface area (Å²) in [6.07, 6.45) is 6.21. The number of aromatic nitrogens is 1. The van der Waals surface area contributed by atoms with Gasteiger partial charge in [-0.05, 0) is 48.9 Å². The van der Waals surface area contributed by atoms with E-state index in [2.05, 4.69) is 15.6 Å². The Labute approximate surface area is 144 Å². The second-order valence-electron chi connectivity index (χ2n) is 5.86. The van der Waals surface area contributed by atoms with Crippen LogP contribution in [-0.4, -0.2) is 29.4 Å². The van der Waals surface area contributed by atoms with E-state index in [1.165, 1.54) is 11.3 Å². The van der Waals surface area contributed by atoms with E-state index < -0.39 is 0 Å². The number of rotatable bonds is 5. The number of amides is 2. The third-order valence-corrected chi connectivity index (χ3v) is 5.25. The number of hydrogen-bond donors (Lipinski definition) is 3. The molecule has 0 aliphatic heterocycles. The average molecular weight is 344 g/mol. The summed E-state index contributed by atoms with van der Waals surface area (Å²) in [7, 11) is 0. The van der Waals surface area contributed by atoms with Gasteiger partial charge in [0, 0.05) is 24.0 Å². The summed E-state index contributed by atoms with van der Waals surface area (Å²) in [6.45, 7) is 0.584. The van der Waals surface area contributed by atoms with Crippen LogP contribution < -0.4 is 16.4 Å². The molecule has 7 heteroatoms. The molecule has 2 atom stereocenters. The molecule has 24 heavy (non-hydrogen) atoms. The lowest BCUT2D eigenvalue weighted by Crippen LogP contribution is -2.39. The average Bonchev–Trinajstić information content (AvgIpc) is 3.24. The Balaban J connectivity index is 1.68. The molecular formula is C17H20N4O2S. The van der Waals surface area contributed by atoms with Crippen molar-refractivity contribution in [2.45, 2.75) is 25.3 Å². The molecule has 0 saturated heterocycles. The predicted molar refractivity (Wildman–Crippen MR) is 94.2 cm³/mol. The van der Waals surface area contributed by atoms with E-state index in [1.807, 2.05) is 0 Å². The molecular weight excluding hydrogens is 324 g/mol. The molecule has 2 aromatic rings. The molecule has 0 aromatic carbocycles. The highest BCUT2D eigenvalue weighted by atomic mass is 32.1. The number of anilines is 1. The Bertz CT molecular complexity index is 716. The zero-order valence-corrected chi connectivity index (χ0v) is 14.0. The molecule has 4 N–H and O–H groups in total. The third kappa shape index (κ3) is 3.63. The maximum absolute atomic E-state index is 12.6. The van der Waals surface area contributed by atoms with Gasteiger partial charge in [-0.1, -0.05) is 6.42 Å². The van der Waals surface area contributed by atoms with Crippen molar-refractivity contribution in [1.29, 1.82) is 0 Å². The molecule has 126 valence electrons. The monoisotopic (exact) mass is 344 g/mol. The number of carbonyl (C=O) groups is 2. The number of nitrogens with two attached hydrogens (primary N) is 1. The largest absolute Gasteiger partial charge is 0.348 e. The predicted octanol–water partition coefficient (Wildman–Crippen LogP) is 2.25. The summed E-state index contributed by atoms with van der Waals surface area (Å²) in [6, 6.07) is 5.12. The minimum absolute atomic E-state index is 0.119. The molecule has 1 fully saturated rings. The van der Waals surface area contributed by atoms with Gasteiger partial charge < -0.3 is 16.4 Å². The highest BCUT2D eigenvalue weighted by Crippen LogP contribution is 2.27. The highest BCUT2D eigenvalue weighted by Gasteiger charge is 2.28. The zero-order chi connectivity index (χ0) is 16.9. The van der Waals surface area contributed by atoms with Gasteiger partial charge in [0.05, 0.1) is 5.69 Å². The van der Waals surface area contributed by atoms with E-state index in [0.717, 1.165) is 19.3 Å². The highest BCUT2D eigenvalue weighted by molar-refractivity contribution is 7.12. The lowest BCUT2D eigenvalue weighted by molar-refractivity contribution is 0.0933. The van der Waals surface area contributed by atoms with Crippen molar-refractivity contribution in [3.8, 4) is 0 Å². The number of carbonyl (C=O) groups excluding carboxylic acids is 2. The fourth-order valence-electron chi connectivity index (χ4n) is 3.02. The van der Waals surface area contributed by atoms with Gasteiger partial charge in [0.25, 0.3) is 11.8 Å². The standard InChI is InChI=1S/C17H20N4O2S/c18-10-12-2-1-3-13(12)20-17(23)15-14(6-9-24-15)21-16(22)11-4-7-19-8-5-11/h4-9,12-13H,1-3,10,18H2,(H,20,23)(H,21,22). The summed E-state index contributed by atoms with van der Waals surface area (Å²) in [5, 5.41) is 7.66. The smallest absolute Gasteiger partial charge is 0.263 e. The van der Waals surface area contributed by atoms with E-state index in [1.54, 1.807) is 36.0 Å². The van der Waals surface area contributed by atoms with Crippen LogP contribution in [0.3, 0.4) is 0 Å². The molecule has 1 saturated carbocycles. The van der Waals surface area contributed by atoms with Gasteiger partial charge in [-0.25, -0.2) is 0 Å². The molecule has 0 spiro atoms.